The lowest BCUT2D eigenvalue weighted by Crippen LogP contribution is -2.11. The molecule has 1 unspecified atom stereocenters. The van der Waals surface area contributed by atoms with Gasteiger partial charge in [0.25, 0.3) is 0 Å². The van der Waals surface area contributed by atoms with Crippen molar-refractivity contribution >= 4 is 34.0 Å². The summed E-state index contributed by atoms with van der Waals surface area (Å²) in [5.41, 5.74) is 1.27. The number of benzene rings is 1. The van der Waals surface area contributed by atoms with E-state index in [1.165, 1.54) is 16.9 Å². The van der Waals surface area contributed by atoms with Crippen molar-refractivity contribution in [2.45, 2.75) is 25.7 Å². The minimum atomic E-state index is -0.126. The highest BCUT2D eigenvalue weighted by molar-refractivity contribution is 7.15. The van der Waals surface area contributed by atoms with Crippen molar-refractivity contribution in [1.82, 2.24) is 10.2 Å². The molecule has 1 heterocycles. The van der Waals surface area contributed by atoms with Gasteiger partial charge in [0, 0.05) is 18.7 Å². The van der Waals surface area contributed by atoms with Crippen molar-refractivity contribution in [3.63, 3.8) is 0 Å². The molecule has 0 bridgehead atoms. The number of nitrogens with zero attached hydrogens (tertiary/aromatic N) is 2. The maximum Gasteiger partial charge on any atom is 0.227 e. The van der Waals surface area contributed by atoms with Gasteiger partial charge in [-0.05, 0) is 11.5 Å². The zero-order valence-electron chi connectivity index (χ0n) is 11.2. The fourth-order valence-electron chi connectivity index (χ4n) is 1.82. The van der Waals surface area contributed by atoms with Crippen molar-refractivity contribution in [1.29, 1.82) is 0 Å². The number of anilines is 1. The number of hydrogen-bond acceptors (Lipinski definition) is 4. The third-order valence-corrected chi connectivity index (χ3v) is 3.93. The van der Waals surface area contributed by atoms with Crippen LogP contribution in [0.2, 0.25) is 0 Å². The SMILES string of the molecule is CC(Cc1nnc(NC(=O)CCCl)s1)c1ccccc1. The smallest absolute Gasteiger partial charge is 0.227 e. The van der Waals surface area contributed by atoms with Crippen LogP contribution in [0.25, 0.3) is 0 Å². The Labute approximate surface area is 127 Å². The highest BCUT2D eigenvalue weighted by Gasteiger charge is 2.12. The quantitative estimate of drug-likeness (QED) is 0.831. The molecular formula is C14H16ClN3OS. The van der Waals surface area contributed by atoms with Gasteiger partial charge in [-0.3, -0.25) is 4.79 Å². The van der Waals surface area contributed by atoms with Gasteiger partial charge in [0.15, 0.2) is 0 Å². The fourth-order valence-corrected chi connectivity index (χ4v) is 2.87. The van der Waals surface area contributed by atoms with Gasteiger partial charge < -0.3 is 5.32 Å². The second-order valence-electron chi connectivity index (χ2n) is 4.50. The molecule has 4 nitrogen and oxygen atoms in total. The Kier molecular flexibility index (Phi) is 5.49. The summed E-state index contributed by atoms with van der Waals surface area (Å²) in [6, 6.07) is 10.3. The summed E-state index contributed by atoms with van der Waals surface area (Å²) in [4.78, 5) is 11.4. The third kappa shape index (κ3) is 4.28. The number of alkyl halides is 1. The molecule has 20 heavy (non-hydrogen) atoms. The van der Waals surface area contributed by atoms with Crippen LogP contribution in [-0.2, 0) is 11.2 Å². The zero-order chi connectivity index (χ0) is 14.4. The zero-order valence-corrected chi connectivity index (χ0v) is 12.7. The Morgan fingerprint density at radius 2 is 2.10 bits per heavy atom. The number of rotatable bonds is 6. The standard InChI is InChI=1S/C14H16ClN3OS/c1-10(11-5-3-2-4-6-11)9-13-17-18-14(20-13)16-12(19)7-8-15/h2-6,10H,7-9H2,1H3,(H,16,18,19). The molecule has 1 atom stereocenters. The van der Waals surface area contributed by atoms with E-state index in [9.17, 15) is 4.79 Å². The van der Waals surface area contributed by atoms with Gasteiger partial charge in [-0.25, -0.2) is 0 Å². The number of carbonyl (C=O) groups is 1. The average molecular weight is 310 g/mol. The lowest BCUT2D eigenvalue weighted by atomic mass is 9.98. The van der Waals surface area contributed by atoms with Gasteiger partial charge in [0.2, 0.25) is 11.0 Å². The molecule has 2 aromatic rings. The molecule has 0 fully saturated rings. The van der Waals surface area contributed by atoms with E-state index in [1.54, 1.807) is 0 Å². The van der Waals surface area contributed by atoms with Crippen LogP contribution in [0, 0.1) is 0 Å². The van der Waals surface area contributed by atoms with Crippen molar-refractivity contribution in [3.8, 4) is 0 Å². The molecule has 0 saturated heterocycles. The average Bonchev–Trinajstić information content (AvgIpc) is 2.87. The predicted molar refractivity (Wildman–Crippen MR) is 82.4 cm³/mol. The van der Waals surface area contributed by atoms with Crippen LogP contribution in [0.15, 0.2) is 30.3 Å². The Hall–Kier alpha value is -1.46. The Bertz CT molecular complexity index is 559. The van der Waals surface area contributed by atoms with Crippen LogP contribution in [0.1, 0.15) is 29.8 Å². The van der Waals surface area contributed by atoms with E-state index in [0.29, 0.717) is 16.9 Å². The second-order valence-corrected chi connectivity index (χ2v) is 5.94. The molecule has 0 aliphatic rings. The minimum absolute atomic E-state index is 0.126. The molecule has 106 valence electrons. The number of hydrogen-bond donors (Lipinski definition) is 1. The van der Waals surface area contributed by atoms with Crippen molar-refractivity contribution < 1.29 is 4.79 Å². The van der Waals surface area contributed by atoms with Gasteiger partial charge in [-0.1, -0.05) is 48.6 Å². The summed E-state index contributed by atoms with van der Waals surface area (Å²) in [7, 11) is 0. The molecule has 2 rings (SSSR count). The monoisotopic (exact) mass is 309 g/mol. The van der Waals surface area contributed by atoms with E-state index in [1.807, 2.05) is 18.2 Å². The van der Waals surface area contributed by atoms with Crippen LogP contribution in [-0.4, -0.2) is 22.0 Å². The molecule has 0 saturated carbocycles. The first-order chi connectivity index (χ1) is 9.69. The van der Waals surface area contributed by atoms with E-state index < -0.39 is 0 Å². The predicted octanol–water partition coefficient (Wildman–Crippen LogP) is 3.45. The largest absolute Gasteiger partial charge is 0.300 e. The molecular weight excluding hydrogens is 294 g/mol. The Balaban J connectivity index is 1.94. The summed E-state index contributed by atoms with van der Waals surface area (Å²) in [5.74, 6) is 0.553. The van der Waals surface area contributed by atoms with Crippen LogP contribution in [0.3, 0.4) is 0 Å². The molecule has 0 spiro atoms. The minimum Gasteiger partial charge on any atom is -0.300 e. The number of amides is 1. The van der Waals surface area contributed by atoms with Crippen molar-refractivity contribution in [2.75, 3.05) is 11.2 Å². The number of nitrogens with one attached hydrogen (secondary N) is 1. The number of carbonyl (C=O) groups excluding carboxylic acids is 1. The van der Waals surface area contributed by atoms with E-state index >= 15 is 0 Å². The van der Waals surface area contributed by atoms with Crippen LogP contribution in [0.5, 0.6) is 0 Å². The van der Waals surface area contributed by atoms with E-state index in [-0.39, 0.29) is 12.3 Å². The maximum absolute atomic E-state index is 11.4. The van der Waals surface area contributed by atoms with E-state index in [4.69, 9.17) is 11.6 Å². The molecule has 1 aromatic carbocycles. The highest BCUT2D eigenvalue weighted by atomic mass is 35.5. The summed E-state index contributed by atoms with van der Waals surface area (Å²) in [6.45, 7) is 2.16. The fraction of sp³-hybridized carbons (Fsp3) is 0.357. The van der Waals surface area contributed by atoms with E-state index in [0.717, 1.165) is 11.4 Å². The molecule has 1 amide bonds. The maximum atomic E-state index is 11.4. The van der Waals surface area contributed by atoms with Crippen LogP contribution >= 0.6 is 22.9 Å². The lowest BCUT2D eigenvalue weighted by Gasteiger charge is -2.08. The van der Waals surface area contributed by atoms with Crippen LogP contribution in [0.4, 0.5) is 5.13 Å². The molecule has 1 aromatic heterocycles. The first kappa shape index (κ1) is 14.9. The highest BCUT2D eigenvalue weighted by Crippen LogP contribution is 2.24. The van der Waals surface area contributed by atoms with Crippen molar-refractivity contribution in [2.24, 2.45) is 0 Å². The third-order valence-electron chi connectivity index (χ3n) is 2.88. The van der Waals surface area contributed by atoms with Gasteiger partial charge in [0.1, 0.15) is 5.01 Å². The molecule has 0 aliphatic heterocycles. The van der Waals surface area contributed by atoms with E-state index in [2.05, 4.69) is 34.6 Å². The molecule has 6 heteroatoms. The molecule has 0 radical (unpaired) electrons. The van der Waals surface area contributed by atoms with Gasteiger partial charge in [-0.15, -0.1) is 21.8 Å². The molecule has 1 N–H and O–H groups in total. The summed E-state index contributed by atoms with van der Waals surface area (Å²) < 4.78 is 0. The second kappa shape index (κ2) is 7.36. The lowest BCUT2D eigenvalue weighted by molar-refractivity contribution is -0.115. The van der Waals surface area contributed by atoms with Gasteiger partial charge in [-0.2, -0.15) is 0 Å². The van der Waals surface area contributed by atoms with Gasteiger partial charge in [0.05, 0.1) is 0 Å². The van der Waals surface area contributed by atoms with Crippen molar-refractivity contribution in [3.05, 3.63) is 40.9 Å². The number of aromatic nitrogens is 2. The summed E-state index contributed by atoms with van der Waals surface area (Å²) in [5, 5.41) is 12.2. The Morgan fingerprint density at radius 1 is 1.35 bits per heavy atom. The summed E-state index contributed by atoms with van der Waals surface area (Å²) in [6.07, 6.45) is 1.10. The summed E-state index contributed by atoms with van der Waals surface area (Å²) >= 11 is 6.92. The molecule has 0 aliphatic carbocycles. The normalized spacial score (nSPS) is 12.1. The number of halogens is 1. The first-order valence-corrected chi connectivity index (χ1v) is 7.77. The Morgan fingerprint density at radius 3 is 2.80 bits per heavy atom. The first-order valence-electron chi connectivity index (χ1n) is 6.42. The topological polar surface area (TPSA) is 54.9 Å². The van der Waals surface area contributed by atoms with Gasteiger partial charge >= 0.3 is 0 Å². The van der Waals surface area contributed by atoms with Crippen LogP contribution < -0.4 is 5.32 Å².